The minimum Gasteiger partial charge on any atom is -0.440 e. The summed E-state index contributed by atoms with van der Waals surface area (Å²) in [6.45, 7) is 17.9. The molecule has 3 rings (SSSR count). The van der Waals surface area contributed by atoms with Crippen LogP contribution in [0.1, 0.15) is 66.5 Å². The van der Waals surface area contributed by atoms with Crippen LogP contribution < -0.4 is 5.32 Å². The van der Waals surface area contributed by atoms with Crippen molar-refractivity contribution in [1.29, 1.82) is 0 Å². The van der Waals surface area contributed by atoms with Crippen molar-refractivity contribution in [2.24, 2.45) is 0 Å². The highest BCUT2D eigenvalue weighted by Crippen LogP contribution is 2.44. The number of rotatable bonds is 3. The van der Waals surface area contributed by atoms with E-state index in [1.54, 1.807) is 0 Å². The molecule has 27 heavy (non-hydrogen) atoms. The average Bonchev–Trinajstić information content (AvgIpc) is 2.89. The van der Waals surface area contributed by atoms with Crippen molar-refractivity contribution in [2.75, 3.05) is 5.32 Å². The number of nitrogens with one attached hydrogen (secondary N) is 1. The van der Waals surface area contributed by atoms with Gasteiger partial charge in [-0.2, -0.15) is 0 Å². The number of hydrogen-bond donors (Lipinski definition) is 1. The molecule has 0 aliphatic rings. The Morgan fingerprint density at radius 3 is 2.00 bits per heavy atom. The van der Waals surface area contributed by atoms with Crippen LogP contribution in [-0.4, -0.2) is 6.04 Å². The summed E-state index contributed by atoms with van der Waals surface area (Å²) in [6.07, 6.45) is 0. The van der Waals surface area contributed by atoms with Gasteiger partial charge in [0.05, 0.1) is 5.56 Å². The van der Waals surface area contributed by atoms with Gasteiger partial charge in [-0.15, -0.1) is 0 Å². The predicted octanol–water partition coefficient (Wildman–Crippen LogP) is 7.52. The summed E-state index contributed by atoms with van der Waals surface area (Å²) in [4.78, 5) is 0. The lowest BCUT2D eigenvalue weighted by atomic mass is 9.79. The quantitative estimate of drug-likeness (QED) is 0.520. The summed E-state index contributed by atoms with van der Waals surface area (Å²) in [5.41, 5.74) is 6.03. The van der Waals surface area contributed by atoms with Gasteiger partial charge in [0.15, 0.2) is 0 Å². The third-order valence-corrected chi connectivity index (χ3v) is 4.95. The van der Waals surface area contributed by atoms with E-state index in [2.05, 4.69) is 103 Å². The number of benzene rings is 2. The van der Waals surface area contributed by atoms with Crippen molar-refractivity contribution in [1.82, 2.24) is 0 Å². The predicted molar refractivity (Wildman–Crippen MR) is 118 cm³/mol. The first kappa shape index (κ1) is 19.5. The van der Waals surface area contributed by atoms with Crippen molar-refractivity contribution in [3.63, 3.8) is 0 Å². The van der Waals surface area contributed by atoms with Gasteiger partial charge in [-0.05, 0) is 41.9 Å². The van der Waals surface area contributed by atoms with E-state index in [1.807, 2.05) is 0 Å². The second-order valence-corrected chi connectivity index (χ2v) is 9.87. The highest BCUT2D eigenvalue weighted by Gasteiger charge is 2.27. The summed E-state index contributed by atoms with van der Waals surface area (Å²) in [5, 5.41) is 4.73. The molecule has 0 radical (unpaired) electrons. The lowest BCUT2D eigenvalue weighted by Crippen LogP contribution is -2.16. The molecule has 144 valence electrons. The molecule has 2 heteroatoms. The van der Waals surface area contributed by atoms with Crippen LogP contribution in [0.4, 0.5) is 5.88 Å². The Bertz CT molecular complexity index is 934. The van der Waals surface area contributed by atoms with E-state index < -0.39 is 0 Å². The van der Waals surface area contributed by atoms with Gasteiger partial charge in [0.25, 0.3) is 0 Å². The van der Waals surface area contributed by atoms with Crippen molar-refractivity contribution in [2.45, 2.75) is 72.3 Å². The molecule has 0 bridgehead atoms. The Labute approximate surface area is 164 Å². The second-order valence-electron chi connectivity index (χ2n) is 9.87. The number of anilines is 1. The van der Waals surface area contributed by atoms with Crippen LogP contribution in [0.2, 0.25) is 0 Å². The van der Waals surface area contributed by atoms with Crippen molar-refractivity contribution in [3.8, 4) is 11.1 Å². The van der Waals surface area contributed by atoms with E-state index in [4.69, 9.17) is 4.42 Å². The van der Waals surface area contributed by atoms with Crippen LogP contribution in [0.3, 0.4) is 0 Å². The number of furan rings is 1. The lowest BCUT2D eigenvalue weighted by Gasteiger charge is -2.25. The summed E-state index contributed by atoms with van der Waals surface area (Å²) < 4.78 is 6.48. The molecule has 0 atom stereocenters. The summed E-state index contributed by atoms with van der Waals surface area (Å²) >= 11 is 0. The van der Waals surface area contributed by atoms with Crippen LogP contribution in [0.25, 0.3) is 22.1 Å². The maximum Gasteiger partial charge on any atom is 0.202 e. The standard InChI is InChI=1S/C25H33NO/c1-16(2)26-23-21(17-12-10-9-11-13-17)19-14-18(24(3,4)5)15-20(22(19)27-23)25(6,7)8/h9-16,26H,1-8H3. The summed E-state index contributed by atoms with van der Waals surface area (Å²) in [7, 11) is 0. The molecule has 0 spiro atoms. The lowest BCUT2D eigenvalue weighted by molar-refractivity contribution is 0.552. The third kappa shape index (κ3) is 3.90. The van der Waals surface area contributed by atoms with E-state index in [9.17, 15) is 0 Å². The maximum absolute atomic E-state index is 6.48. The van der Waals surface area contributed by atoms with Gasteiger partial charge in [0, 0.05) is 17.0 Å². The minimum absolute atomic E-state index is 0.000419. The zero-order valence-electron chi connectivity index (χ0n) is 18.0. The van der Waals surface area contributed by atoms with E-state index >= 15 is 0 Å². The van der Waals surface area contributed by atoms with Gasteiger partial charge in [0.2, 0.25) is 5.88 Å². The fraction of sp³-hybridized carbons (Fsp3) is 0.440. The summed E-state index contributed by atoms with van der Waals surface area (Å²) in [6, 6.07) is 15.5. The van der Waals surface area contributed by atoms with E-state index in [0.717, 1.165) is 17.0 Å². The Morgan fingerprint density at radius 1 is 0.852 bits per heavy atom. The van der Waals surface area contributed by atoms with Crippen molar-refractivity contribution >= 4 is 16.9 Å². The molecule has 0 saturated heterocycles. The Morgan fingerprint density at radius 2 is 1.48 bits per heavy atom. The minimum atomic E-state index is 0.000419. The molecule has 0 fully saturated rings. The topological polar surface area (TPSA) is 25.2 Å². The van der Waals surface area contributed by atoms with E-state index in [-0.39, 0.29) is 10.8 Å². The SMILES string of the molecule is CC(C)Nc1oc2c(C(C)(C)C)cc(C(C)(C)C)cc2c1-c1ccccc1. The average molecular weight is 364 g/mol. The molecule has 1 aromatic heterocycles. The fourth-order valence-corrected chi connectivity index (χ4v) is 3.45. The molecule has 0 aliphatic heterocycles. The molecular formula is C25H33NO. The Kier molecular flexibility index (Phi) is 4.88. The molecule has 1 heterocycles. The first-order valence-electron chi connectivity index (χ1n) is 9.92. The van der Waals surface area contributed by atoms with Crippen LogP contribution in [0.15, 0.2) is 46.9 Å². The molecule has 2 nitrogen and oxygen atoms in total. The molecule has 0 saturated carbocycles. The zero-order chi connectivity index (χ0) is 20.0. The molecule has 0 unspecified atom stereocenters. The molecule has 1 N–H and O–H groups in total. The molecule has 3 aromatic rings. The molecular weight excluding hydrogens is 330 g/mol. The Hall–Kier alpha value is -2.22. The fourth-order valence-electron chi connectivity index (χ4n) is 3.45. The van der Waals surface area contributed by atoms with Crippen molar-refractivity contribution < 1.29 is 4.42 Å². The summed E-state index contributed by atoms with van der Waals surface area (Å²) in [5.74, 6) is 0.864. The van der Waals surface area contributed by atoms with Crippen LogP contribution in [-0.2, 0) is 10.8 Å². The van der Waals surface area contributed by atoms with E-state index in [1.165, 1.54) is 22.1 Å². The molecule has 0 aliphatic carbocycles. The monoisotopic (exact) mass is 363 g/mol. The van der Waals surface area contributed by atoms with Gasteiger partial charge >= 0.3 is 0 Å². The third-order valence-electron chi connectivity index (χ3n) is 4.95. The van der Waals surface area contributed by atoms with Gasteiger partial charge in [-0.3, -0.25) is 0 Å². The maximum atomic E-state index is 6.48. The van der Waals surface area contributed by atoms with Gasteiger partial charge < -0.3 is 9.73 Å². The largest absolute Gasteiger partial charge is 0.440 e. The highest BCUT2D eigenvalue weighted by atomic mass is 16.4. The van der Waals surface area contributed by atoms with E-state index in [0.29, 0.717) is 6.04 Å². The second kappa shape index (κ2) is 6.74. The molecule has 0 amide bonds. The first-order chi connectivity index (χ1) is 12.5. The van der Waals surface area contributed by atoms with Gasteiger partial charge in [-0.1, -0.05) is 77.9 Å². The Balaban J connectivity index is 2.43. The van der Waals surface area contributed by atoms with Gasteiger partial charge in [0.1, 0.15) is 5.58 Å². The van der Waals surface area contributed by atoms with Crippen LogP contribution >= 0.6 is 0 Å². The van der Waals surface area contributed by atoms with Crippen LogP contribution in [0.5, 0.6) is 0 Å². The smallest absolute Gasteiger partial charge is 0.202 e. The van der Waals surface area contributed by atoms with Gasteiger partial charge in [-0.25, -0.2) is 0 Å². The normalized spacial score (nSPS) is 12.8. The van der Waals surface area contributed by atoms with Crippen molar-refractivity contribution in [3.05, 3.63) is 53.6 Å². The number of fused-ring (bicyclic) bond motifs is 1. The number of hydrogen-bond acceptors (Lipinski definition) is 2. The molecule has 2 aromatic carbocycles. The zero-order valence-corrected chi connectivity index (χ0v) is 18.0. The highest BCUT2D eigenvalue weighted by molar-refractivity contribution is 6.02. The first-order valence-corrected chi connectivity index (χ1v) is 9.92. The van der Waals surface area contributed by atoms with Crippen LogP contribution in [0, 0.1) is 0 Å².